The quantitative estimate of drug-likeness (QED) is 0.426. The molecule has 0 bridgehead atoms. The van der Waals surface area contributed by atoms with Gasteiger partial charge in [0.05, 0.1) is 0 Å². The molecule has 1 aliphatic rings. The van der Waals surface area contributed by atoms with E-state index in [0.717, 1.165) is 0 Å². The van der Waals surface area contributed by atoms with Gasteiger partial charge in [-0.3, -0.25) is 0 Å². The van der Waals surface area contributed by atoms with E-state index in [9.17, 15) is 9.59 Å². The first-order valence-electron chi connectivity index (χ1n) is 1.93. The molecule has 1 saturated heterocycles. The van der Waals surface area contributed by atoms with Crippen molar-refractivity contribution in [3.05, 3.63) is 0 Å². The second kappa shape index (κ2) is 2.42. The van der Waals surface area contributed by atoms with Crippen molar-refractivity contribution in [3.8, 4) is 0 Å². The number of carbonyl (C=O) groups excluding carboxylic acids is 2. The molecule has 0 unspecified atom stereocenters. The molecule has 0 saturated carbocycles. The standard InChI is InChI=1S/C3H4O4.Pb/c4-2(5)1-3(6)7;/h1H2,(H,4,5)(H,6,7);/q;+2/p-2. The second-order valence-corrected chi connectivity index (χ2v) is 3.44. The van der Waals surface area contributed by atoms with Gasteiger partial charge in [0, 0.05) is 0 Å². The first-order valence-corrected chi connectivity index (χ1v) is 5.11. The van der Waals surface area contributed by atoms with Crippen molar-refractivity contribution in [1.82, 2.24) is 0 Å². The van der Waals surface area contributed by atoms with Crippen LogP contribution in [0.15, 0.2) is 0 Å². The number of hydrogen-bond donors (Lipinski definition) is 0. The molecule has 1 aliphatic heterocycles. The van der Waals surface area contributed by atoms with E-state index in [0.29, 0.717) is 0 Å². The van der Waals surface area contributed by atoms with Crippen molar-refractivity contribution in [1.29, 1.82) is 0 Å². The minimum absolute atomic E-state index is 0.201. The predicted molar refractivity (Wildman–Crippen MR) is 22.6 cm³/mol. The molecule has 0 spiro atoms. The summed E-state index contributed by atoms with van der Waals surface area (Å²) >= 11 is -1.71. The Morgan fingerprint density at radius 1 is 1.25 bits per heavy atom. The van der Waals surface area contributed by atoms with Crippen LogP contribution in [0.4, 0.5) is 0 Å². The Bertz CT molecular complexity index is 117. The Balaban J connectivity index is 2.45. The fourth-order valence-corrected chi connectivity index (χ4v) is 1.75. The van der Waals surface area contributed by atoms with Crippen LogP contribution in [0.2, 0.25) is 0 Å². The van der Waals surface area contributed by atoms with Crippen LogP contribution >= 0.6 is 0 Å². The molecule has 8 heavy (non-hydrogen) atoms. The van der Waals surface area contributed by atoms with Crippen molar-refractivity contribution >= 4 is 37.1 Å². The molecule has 1 heterocycles. The average Bonchev–Trinajstić information content (AvgIpc) is 1.64. The van der Waals surface area contributed by atoms with Gasteiger partial charge in [0.2, 0.25) is 0 Å². The Morgan fingerprint density at radius 2 is 1.75 bits per heavy atom. The molecule has 0 aromatic heterocycles. The molecule has 1 rings (SSSR count). The van der Waals surface area contributed by atoms with Crippen LogP contribution in [0, 0.1) is 0 Å². The fourth-order valence-electron chi connectivity index (χ4n) is 0.304. The van der Waals surface area contributed by atoms with E-state index in [1.165, 1.54) is 0 Å². The third-order valence-electron chi connectivity index (χ3n) is 0.600. The Morgan fingerprint density at radius 3 is 2.00 bits per heavy atom. The summed E-state index contributed by atoms with van der Waals surface area (Å²) < 4.78 is 8.92. The average molecular weight is 309 g/mol. The van der Waals surface area contributed by atoms with Gasteiger partial charge >= 0.3 is 58.5 Å². The summed E-state index contributed by atoms with van der Waals surface area (Å²) in [7, 11) is 0. The molecule has 0 amide bonds. The SMILES string of the molecule is O=C1CC(=O)[O][Pb][O]1. The molecule has 0 N–H and O–H groups in total. The summed E-state index contributed by atoms with van der Waals surface area (Å²) in [6.07, 6.45) is -0.201. The Labute approximate surface area is 58.7 Å². The van der Waals surface area contributed by atoms with Crippen molar-refractivity contribution in [2.24, 2.45) is 0 Å². The number of carbonyl (C=O) groups is 2. The van der Waals surface area contributed by atoms with Crippen LogP contribution in [-0.4, -0.2) is 37.1 Å². The van der Waals surface area contributed by atoms with E-state index in [1.807, 2.05) is 0 Å². The zero-order valence-corrected chi connectivity index (χ0v) is 7.73. The van der Waals surface area contributed by atoms with Crippen LogP contribution in [0.25, 0.3) is 0 Å². The Kier molecular flexibility index (Phi) is 1.82. The summed E-state index contributed by atoms with van der Waals surface area (Å²) in [4.78, 5) is 20.4. The summed E-state index contributed by atoms with van der Waals surface area (Å²) in [5.74, 6) is -0.853. The monoisotopic (exact) mass is 310 g/mol. The predicted octanol–water partition coefficient (Wildman–Crippen LogP) is -0.989. The molecule has 4 nitrogen and oxygen atoms in total. The first-order chi connectivity index (χ1) is 3.79. The van der Waals surface area contributed by atoms with Gasteiger partial charge in [-0.15, -0.1) is 0 Å². The van der Waals surface area contributed by atoms with Crippen LogP contribution in [0.1, 0.15) is 6.42 Å². The summed E-state index contributed by atoms with van der Waals surface area (Å²) in [5, 5.41) is 0. The zero-order chi connectivity index (χ0) is 5.98. The van der Waals surface area contributed by atoms with Gasteiger partial charge in [0.1, 0.15) is 0 Å². The minimum atomic E-state index is -1.71. The van der Waals surface area contributed by atoms with Crippen molar-refractivity contribution in [2.45, 2.75) is 6.42 Å². The zero-order valence-electron chi connectivity index (χ0n) is 3.84. The van der Waals surface area contributed by atoms with Gasteiger partial charge in [-0.05, 0) is 0 Å². The summed E-state index contributed by atoms with van der Waals surface area (Å²) in [6, 6.07) is 0. The summed E-state index contributed by atoms with van der Waals surface area (Å²) in [6.45, 7) is 0. The molecular formula is C3H2O4Pb. The van der Waals surface area contributed by atoms with Crippen molar-refractivity contribution in [2.75, 3.05) is 0 Å². The molecule has 1 fully saturated rings. The fraction of sp³-hybridized carbons (Fsp3) is 0.333. The van der Waals surface area contributed by atoms with E-state index >= 15 is 0 Å². The molecule has 0 aliphatic carbocycles. The molecule has 0 aromatic carbocycles. The molecule has 0 atom stereocenters. The van der Waals surface area contributed by atoms with Crippen molar-refractivity contribution < 1.29 is 15.0 Å². The van der Waals surface area contributed by atoms with Crippen LogP contribution in [-0.2, 0) is 15.0 Å². The van der Waals surface area contributed by atoms with E-state index in [-0.39, 0.29) is 6.42 Å². The van der Waals surface area contributed by atoms with E-state index in [1.54, 1.807) is 0 Å². The third kappa shape index (κ3) is 1.42. The van der Waals surface area contributed by atoms with Gasteiger partial charge < -0.3 is 0 Å². The molecular weight excluding hydrogens is 307 g/mol. The van der Waals surface area contributed by atoms with Crippen LogP contribution < -0.4 is 0 Å². The van der Waals surface area contributed by atoms with Gasteiger partial charge in [0.25, 0.3) is 0 Å². The second-order valence-electron chi connectivity index (χ2n) is 1.21. The van der Waals surface area contributed by atoms with Gasteiger partial charge in [-0.25, -0.2) is 0 Å². The Hall–Kier alpha value is -0.138. The van der Waals surface area contributed by atoms with E-state index in [2.05, 4.69) is 5.37 Å². The first kappa shape index (κ1) is 5.99. The maximum absolute atomic E-state index is 10.2. The van der Waals surface area contributed by atoms with Crippen molar-refractivity contribution in [3.63, 3.8) is 0 Å². The normalized spacial score (nSPS) is 19.5. The van der Waals surface area contributed by atoms with Crippen LogP contribution in [0.3, 0.4) is 0 Å². The molecule has 42 valence electrons. The number of rotatable bonds is 0. The van der Waals surface area contributed by atoms with E-state index in [4.69, 9.17) is 0 Å². The van der Waals surface area contributed by atoms with Gasteiger partial charge in [-0.1, -0.05) is 0 Å². The third-order valence-corrected chi connectivity index (χ3v) is 3.02. The maximum atomic E-state index is 10.2. The van der Waals surface area contributed by atoms with Gasteiger partial charge in [0.15, 0.2) is 0 Å². The van der Waals surface area contributed by atoms with Crippen LogP contribution in [0.5, 0.6) is 0 Å². The van der Waals surface area contributed by atoms with Gasteiger partial charge in [-0.2, -0.15) is 0 Å². The molecule has 2 radical (unpaired) electrons. The van der Waals surface area contributed by atoms with E-state index < -0.39 is 37.1 Å². The number of hydrogen-bond acceptors (Lipinski definition) is 4. The summed E-state index contributed by atoms with van der Waals surface area (Å²) in [5.41, 5.74) is 0. The topological polar surface area (TPSA) is 52.6 Å². The molecule has 0 aromatic rings. The molecule has 5 heteroatoms.